The molecule has 0 aromatic heterocycles. The quantitative estimate of drug-likeness (QED) is 0.673. The van der Waals surface area contributed by atoms with E-state index in [4.69, 9.17) is 4.74 Å². The number of nitrogens with one attached hydrogen (secondary N) is 1. The molecule has 1 atom stereocenters. The van der Waals surface area contributed by atoms with Crippen LogP contribution in [0.5, 0.6) is 0 Å². The Bertz CT molecular complexity index is 273. The van der Waals surface area contributed by atoms with E-state index < -0.39 is 0 Å². The molecule has 0 spiro atoms. The summed E-state index contributed by atoms with van der Waals surface area (Å²) in [6.45, 7) is 8.40. The SMILES string of the molecule is CCN1CCN(CC(NC2CC2)C(=O)OC)CC1. The van der Waals surface area contributed by atoms with Crippen LogP contribution in [0.3, 0.4) is 0 Å². The van der Waals surface area contributed by atoms with E-state index >= 15 is 0 Å². The maximum absolute atomic E-state index is 11.7. The largest absolute Gasteiger partial charge is 0.468 e. The van der Waals surface area contributed by atoms with Crippen LogP contribution >= 0.6 is 0 Å². The van der Waals surface area contributed by atoms with E-state index in [2.05, 4.69) is 22.0 Å². The molecule has 5 nitrogen and oxygen atoms in total. The van der Waals surface area contributed by atoms with Crippen molar-refractivity contribution in [2.24, 2.45) is 0 Å². The van der Waals surface area contributed by atoms with Crippen LogP contribution in [0.1, 0.15) is 19.8 Å². The van der Waals surface area contributed by atoms with Crippen molar-refractivity contribution >= 4 is 5.97 Å². The summed E-state index contributed by atoms with van der Waals surface area (Å²) in [6, 6.07) is 0.377. The van der Waals surface area contributed by atoms with Crippen molar-refractivity contribution in [2.45, 2.75) is 31.8 Å². The third kappa shape index (κ3) is 3.93. The molecule has 1 aliphatic carbocycles. The highest BCUT2D eigenvalue weighted by Gasteiger charge is 2.30. The molecule has 1 N–H and O–H groups in total. The zero-order chi connectivity index (χ0) is 13.0. The molecule has 104 valence electrons. The lowest BCUT2D eigenvalue weighted by atomic mass is 10.2. The first-order valence-corrected chi connectivity index (χ1v) is 7.01. The standard InChI is InChI=1S/C13H25N3O2/c1-3-15-6-8-16(9-7-15)10-12(13(17)18-2)14-11-4-5-11/h11-12,14H,3-10H2,1-2H3. The smallest absolute Gasteiger partial charge is 0.324 e. The Balaban J connectivity index is 1.78. The molecule has 18 heavy (non-hydrogen) atoms. The van der Waals surface area contributed by atoms with Crippen LogP contribution in [0, 0.1) is 0 Å². The Morgan fingerprint density at radius 3 is 2.39 bits per heavy atom. The van der Waals surface area contributed by atoms with Crippen LogP contribution in [0.4, 0.5) is 0 Å². The van der Waals surface area contributed by atoms with Gasteiger partial charge in [0.1, 0.15) is 6.04 Å². The van der Waals surface area contributed by atoms with E-state index in [1.165, 1.54) is 20.0 Å². The number of hydrogen-bond acceptors (Lipinski definition) is 5. The lowest BCUT2D eigenvalue weighted by Gasteiger charge is -2.35. The molecular weight excluding hydrogens is 230 g/mol. The molecule has 0 bridgehead atoms. The summed E-state index contributed by atoms with van der Waals surface area (Å²) in [5, 5.41) is 3.38. The maximum Gasteiger partial charge on any atom is 0.324 e. The molecule has 2 rings (SSSR count). The Hall–Kier alpha value is -0.650. The van der Waals surface area contributed by atoms with E-state index in [9.17, 15) is 4.79 Å². The minimum atomic E-state index is -0.157. The molecular formula is C13H25N3O2. The second-order valence-corrected chi connectivity index (χ2v) is 5.25. The fourth-order valence-electron chi connectivity index (χ4n) is 2.42. The van der Waals surface area contributed by atoms with Crippen molar-refractivity contribution in [3.63, 3.8) is 0 Å². The van der Waals surface area contributed by atoms with Crippen molar-refractivity contribution in [3.8, 4) is 0 Å². The van der Waals surface area contributed by atoms with Gasteiger partial charge in [0.15, 0.2) is 0 Å². The lowest BCUT2D eigenvalue weighted by molar-refractivity contribution is -0.143. The van der Waals surface area contributed by atoms with Crippen molar-refractivity contribution in [3.05, 3.63) is 0 Å². The van der Waals surface area contributed by atoms with Crippen molar-refractivity contribution in [2.75, 3.05) is 46.4 Å². The van der Waals surface area contributed by atoms with Gasteiger partial charge in [0, 0.05) is 38.8 Å². The molecule has 0 radical (unpaired) electrons. The molecule has 1 saturated heterocycles. The third-order valence-electron chi connectivity index (χ3n) is 3.85. The summed E-state index contributed by atoms with van der Waals surface area (Å²) in [4.78, 5) is 16.6. The van der Waals surface area contributed by atoms with Gasteiger partial charge in [-0.15, -0.1) is 0 Å². The zero-order valence-corrected chi connectivity index (χ0v) is 11.5. The maximum atomic E-state index is 11.7. The first-order chi connectivity index (χ1) is 8.72. The Morgan fingerprint density at radius 1 is 1.28 bits per heavy atom. The first-order valence-electron chi connectivity index (χ1n) is 7.01. The number of carbonyl (C=O) groups excluding carboxylic acids is 1. The molecule has 2 aliphatic rings. The average molecular weight is 255 g/mol. The summed E-state index contributed by atoms with van der Waals surface area (Å²) < 4.78 is 4.89. The van der Waals surface area contributed by atoms with Gasteiger partial charge in [-0.25, -0.2) is 0 Å². The number of methoxy groups -OCH3 is 1. The second kappa shape index (κ2) is 6.50. The monoisotopic (exact) mass is 255 g/mol. The van der Waals surface area contributed by atoms with Crippen LogP contribution in [0.25, 0.3) is 0 Å². The van der Waals surface area contributed by atoms with Crippen molar-refractivity contribution in [1.82, 2.24) is 15.1 Å². The highest BCUT2D eigenvalue weighted by molar-refractivity contribution is 5.76. The van der Waals surface area contributed by atoms with Crippen LogP contribution in [0.2, 0.25) is 0 Å². The number of ether oxygens (including phenoxy) is 1. The van der Waals surface area contributed by atoms with Gasteiger partial charge < -0.3 is 15.0 Å². The summed E-state index contributed by atoms with van der Waals surface area (Å²) in [7, 11) is 1.47. The number of rotatable bonds is 6. The summed E-state index contributed by atoms with van der Waals surface area (Å²) in [6.07, 6.45) is 2.38. The Kier molecular flexibility index (Phi) is 4.97. The molecule has 0 amide bonds. The molecule has 2 fully saturated rings. The molecule has 1 heterocycles. The normalized spacial score (nSPS) is 23.9. The van der Waals surface area contributed by atoms with Crippen LogP contribution in [-0.2, 0) is 9.53 Å². The van der Waals surface area contributed by atoms with Gasteiger partial charge >= 0.3 is 5.97 Å². The van der Waals surface area contributed by atoms with E-state index in [-0.39, 0.29) is 12.0 Å². The molecule has 1 saturated carbocycles. The van der Waals surface area contributed by atoms with E-state index in [0.717, 1.165) is 39.3 Å². The molecule has 0 aromatic carbocycles. The van der Waals surface area contributed by atoms with Gasteiger partial charge in [0.05, 0.1) is 7.11 Å². The fourth-order valence-corrected chi connectivity index (χ4v) is 2.42. The highest BCUT2D eigenvalue weighted by Crippen LogP contribution is 2.20. The average Bonchev–Trinajstić information content (AvgIpc) is 3.22. The molecule has 1 aliphatic heterocycles. The van der Waals surface area contributed by atoms with Gasteiger partial charge in [-0.05, 0) is 19.4 Å². The topological polar surface area (TPSA) is 44.8 Å². The number of esters is 1. The van der Waals surface area contributed by atoms with E-state index in [0.29, 0.717) is 6.04 Å². The minimum Gasteiger partial charge on any atom is -0.468 e. The van der Waals surface area contributed by atoms with E-state index in [1.54, 1.807) is 0 Å². The van der Waals surface area contributed by atoms with Gasteiger partial charge in [-0.1, -0.05) is 6.92 Å². The fraction of sp³-hybridized carbons (Fsp3) is 0.923. The van der Waals surface area contributed by atoms with Gasteiger partial charge in [0.2, 0.25) is 0 Å². The highest BCUT2D eigenvalue weighted by atomic mass is 16.5. The summed E-state index contributed by atoms with van der Waals surface area (Å²) in [5.74, 6) is -0.125. The first kappa shape index (κ1) is 13.8. The van der Waals surface area contributed by atoms with Crippen LogP contribution in [-0.4, -0.2) is 74.2 Å². The van der Waals surface area contributed by atoms with Crippen LogP contribution in [0.15, 0.2) is 0 Å². The number of nitrogens with zero attached hydrogens (tertiary/aromatic N) is 2. The number of likely N-dealkylation sites (N-methyl/N-ethyl adjacent to an activating group) is 1. The number of piperazine rings is 1. The summed E-state index contributed by atoms with van der Waals surface area (Å²) >= 11 is 0. The van der Waals surface area contributed by atoms with Crippen molar-refractivity contribution < 1.29 is 9.53 Å². The Labute approximate surface area is 109 Å². The zero-order valence-electron chi connectivity index (χ0n) is 11.5. The van der Waals surface area contributed by atoms with Gasteiger partial charge in [-0.3, -0.25) is 9.69 Å². The van der Waals surface area contributed by atoms with Crippen LogP contribution < -0.4 is 5.32 Å². The molecule has 5 heteroatoms. The minimum absolute atomic E-state index is 0.125. The summed E-state index contributed by atoms with van der Waals surface area (Å²) in [5.41, 5.74) is 0. The molecule has 0 aromatic rings. The third-order valence-corrected chi connectivity index (χ3v) is 3.85. The predicted octanol–water partition coefficient (Wildman–Crippen LogP) is -0.0825. The molecule has 1 unspecified atom stereocenters. The Morgan fingerprint density at radius 2 is 1.89 bits per heavy atom. The number of carbonyl (C=O) groups is 1. The second-order valence-electron chi connectivity index (χ2n) is 5.25. The predicted molar refractivity (Wildman–Crippen MR) is 70.5 cm³/mol. The van der Waals surface area contributed by atoms with E-state index in [1.807, 2.05) is 0 Å². The lowest BCUT2D eigenvalue weighted by Crippen LogP contribution is -2.53. The van der Waals surface area contributed by atoms with Crippen molar-refractivity contribution in [1.29, 1.82) is 0 Å². The number of hydrogen-bond donors (Lipinski definition) is 1. The van der Waals surface area contributed by atoms with Gasteiger partial charge in [-0.2, -0.15) is 0 Å². The van der Waals surface area contributed by atoms with Gasteiger partial charge in [0.25, 0.3) is 0 Å².